The molecule has 1 amide bonds. The molecule has 1 aliphatic heterocycles. The van der Waals surface area contributed by atoms with Crippen LogP contribution in [0.25, 0.3) is 11.4 Å². The Hall–Kier alpha value is -4.13. The van der Waals surface area contributed by atoms with Gasteiger partial charge >= 0.3 is 0 Å². The summed E-state index contributed by atoms with van der Waals surface area (Å²) in [4.78, 5) is 40.9. The lowest BCUT2D eigenvalue weighted by atomic mass is 9.97. The molecule has 5 rings (SSSR count). The second-order valence-electron chi connectivity index (χ2n) is 9.52. The van der Waals surface area contributed by atoms with Gasteiger partial charge in [-0.3, -0.25) is 14.5 Å². The van der Waals surface area contributed by atoms with Crippen LogP contribution in [0.15, 0.2) is 67.1 Å². The van der Waals surface area contributed by atoms with Gasteiger partial charge in [0.1, 0.15) is 11.6 Å². The molecular weight excluding hydrogens is 450 g/mol. The van der Waals surface area contributed by atoms with E-state index in [1.807, 2.05) is 60.3 Å². The van der Waals surface area contributed by atoms with Crippen LogP contribution < -0.4 is 4.90 Å². The highest BCUT2D eigenvalue weighted by Crippen LogP contribution is 2.32. The van der Waals surface area contributed by atoms with Crippen molar-refractivity contribution < 1.29 is 9.59 Å². The van der Waals surface area contributed by atoms with Crippen LogP contribution in [-0.2, 0) is 31.2 Å². The average Bonchev–Trinajstić information content (AvgIpc) is 3.44. The van der Waals surface area contributed by atoms with E-state index in [1.165, 1.54) is 5.56 Å². The van der Waals surface area contributed by atoms with Crippen molar-refractivity contribution in [2.24, 2.45) is 7.05 Å². The van der Waals surface area contributed by atoms with Gasteiger partial charge in [0.2, 0.25) is 5.91 Å². The van der Waals surface area contributed by atoms with Gasteiger partial charge in [0.05, 0.1) is 13.0 Å². The number of aromatic nitrogens is 4. The molecule has 0 atom stereocenters. The number of anilines is 1. The van der Waals surface area contributed by atoms with Crippen molar-refractivity contribution in [3.63, 3.8) is 0 Å². The number of carbonyl (C=O) groups excluding carboxylic acids is 2. The Kier molecular flexibility index (Phi) is 6.46. The maximum absolute atomic E-state index is 12.9. The molecule has 182 valence electrons. The second-order valence-corrected chi connectivity index (χ2v) is 9.52. The van der Waals surface area contributed by atoms with Crippen molar-refractivity contribution in [3.8, 4) is 11.4 Å². The molecule has 36 heavy (non-hydrogen) atoms. The zero-order chi connectivity index (χ0) is 25.2. The fourth-order valence-corrected chi connectivity index (χ4v) is 4.62. The summed E-state index contributed by atoms with van der Waals surface area (Å²) in [6, 6.07) is 15.6. The summed E-state index contributed by atoms with van der Waals surface area (Å²) in [5, 5.41) is 0. The molecular formula is C29H29N5O2. The Bertz CT molecular complexity index is 1420. The molecule has 4 aromatic rings. The van der Waals surface area contributed by atoms with Gasteiger partial charge in [0.25, 0.3) is 0 Å². The predicted octanol–water partition coefficient (Wildman–Crippen LogP) is 4.91. The first-order valence-corrected chi connectivity index (χ1v) is 12.2. The number of amides is 1. The largest absolute Gasteiger partial charge is 0.338 e. The van der Waals surface area contributed by atoms with E-state index in [1.54, 1.807) is 17.3 Å². The monoisotopic (exact) mass is 479 g/mol. The molecule has 7 nitrogen and oxygen atoms in total. The fourth-order valence-electron chi connectivity index (χ4n) is 4.62. The number of ketones is 1. The molecule has 7 heteroatoms. The number of benzene rings is 2. The van der Waals surface area contributed by atoms with Gasteiger partial charge in [-0.25, -0.2) is 15.0 Å². The molecule has 0 bridgehead atoms. The molecule has 1 aliphatic rings. The number of fused-ring (bicyclic) bond motifs is 1. The lowest BCUT2D eigenvalue weighted by molar-refractivity contribution is -0.117. The number of imidazole rings is 1. The van der Waals surface area contributed by atoms with Crippen LogP contribution >= 0.6 is 0 Å². The number of nitrogens with zero attached hydrogens (tertiary/aromatic N) is 5. The lowest BCUT2D eigenvalue weighted by Gasteiger charge is -2.18. The minimum atomic E-state index is 0.00353. The summed E-state index contributed by atoms with van der Waals surface area (Å²) in [6.45, 7) is 4.69. The Morgan fingerprint density at radius 3 is 2.56 bits per heavy atom. The molecule has 0 saturated heterocycles. The summed E-state index contributed by atoms with van der Waals surface area (Å²) >= 11 is 0. The van der Waals surface area contributed by atoms with E-state index in [-0.39, 0.29) is 11.7 Å². The maximum atomic E-state index is 12.9. The van der Waals surface area contributed by atoms with Crippen molar-refractivity contribution in [2.45, 2.75) is 45.6 Å². The minimum absolute atomic E-state index is 0.00353. The molecule has 0 fully saturated rings. The van der Waals surface area contributed by atoms with E-state index >= 15 is 0 Å². The molecule has 0 N–H and O–H groups in total. The van der Waals surface area contributed by atoms with E-state index in [0.29, 0.717) is 48.9 Å². The molecule has 0 aliphatic carbocycles. The molecule has 0 spiro atoms. The van der Waals surface area contributed by atoms with Crippen LogP contribution in [0, 0.1) is 0 Å². The third-order valence-corrected chi connectivity index (χ3v) is 6.68. The molecule has 0 unspecified atom stereocenters. The normalized spacial score (nSPS) is 12.9. The topological polar surface area (TPSA) is 81.0 Å². The summed E-state index contributed by atoms with van der Waals surface area (Å²) in [6.07, 6.45) is 6.69. The number of hydrogen-bond donors (Lipinski definition) is 0. The first-order chi connectivity index (χ1) is 17.4. The van der Waals surface area contributed by atoms with Gasteiger partial charge in [-0.2, -0.15) is 0 Å². The first kappa shape index (κ1) is 23.6. The summed E-state index contributed by atoms with van der Waals surface area (Å²) in [5.41, 5.74) is 4.61. The molecule has 2 aromatic carbocycles. The van der Waals surface area contributed by atoms with Crippen LogP contribution in [0.4, 0.5) is 5.82 Å². The standard InChI is InChI=1S/C29H29N5O2/c1-19(2)23-6-4-5-7-24(23)28-31-17-22-16-27(36)34(29(22)32-28)18-20-8-10-21(11-9-20)25(35)12-13-26-30-14-15-33(26)3/h4-11,14-15,17,19H,12-13,16,18H2,1-3H3. The van der Waals surface area contributed by atoms with Gasteiger partial charge in [-0.1, -0.05) is 62.4 Å². The number of aryl methyl sites for hydroxylation is 2. The third kappa shape index (κ3) is 4.69. The van der Waals surface area contributed by atoms with Crippen LogP contribution in [0.1, 0.15) is 59.1 Å². The highest BCUT2D eigenvalue weighted by molar-refractivity contribution is 6.00. The van der Waals surface area contributed by atoms with E-state index in [2.05, 4.69) is 29.9 Å². The lowest BCUT2D eigenvalue weighted by Crippen LogP contribution is -2.26. The number of hydrogen-bond acceptors (Lipinski definition) is 5. The Morgan fingerprint density at radius 1 is 1.06 bits per heavy atom. The van der Waals surface area contributed by atoms with Gasteiger partial charge in [0.15, 0.2) is 11.6 Å². The van der Waals surface area contributed by atoms with Crippen molar-refractivity contribution in [1.29, 1.82) is 0 Å². The zero-order valence-electron chi connectivity index (χ0n) is 20.8. The van der Waals surface area contributed by atoms with Crippen molar-refractivity contribution >= 4 is 17.5 Å². The Balaban J connectivity index is 1.32. The van der Waals surface area contributed by atoms with Gasteiger partial charge < -0.3 is 4.57 Å². The van der Waals surface area contributed by atoms with E-state index in [4.69, 9.17) is 4.98 Å². The smallest absolute Gasteiger partial charge is 0.233 e. The Labute approximate surface area is 210 Å². The van der Waals surface area contributed by atoms with Gasteiger partial charge in [0, 0.05) is 55.2 Å². The molecule has 2 aromatic heterocycles. The minimum Gasteiger partial charge on any atom is -0.338 e. The highest BCUT2D eigenvalue weighted by Gasteiger charge is 2.30. The molecule has 0 saturated carbocycles. The van der Waals surface area contributed by atoms with Crippen LogP contribution in [0.2, 0.25) is 0 Å². The zero-order valence-corrected chi connectivity index (χ0v) is 20.8. The van der Waals surface area contributed by atoms with Crippen LogP contribution in [0.5, 0.6) is 0 Å². The van der Waals surface area contributed by atoms with Crippen LogP contribution in [-0.4, -0.2) is 31.2 Å². The van der Waals surface area contributed by atoms with Gasteiger partial charge in [-0.15, -0.1) is 0 Å². The van der Waals surface area contributed by atoms with E-state index in [9.17, 15) is 9.59 Å². The van der Waals surface area contributed by atoms with Crippen molar-refractivity contribution in [3.05, 3.63) is 95.2 Å². The maximum Gasteiger partial charge on any atom is 0.233 e. The van der Waals surface area contributed by atoms with Gasteiger partial charge in [-0.05, 0) is 17.0 Å². The number of rotatable bonds is 8. The SMILES string of the molecule is CC(C)c1ccccc1-c1ncc2c(n1)N(Cc1ccc(C(=O)CCc3nccn3C)cc1)C(=O)C2. The second kappa shape index (κ2) is 9.85. The quantitative estimate of drug-likeness (QED) is 0.336. The molecule has 3 heterocycles. The van der Waals surface area contributed by atoms with Crippen LogP contribution in [0.3, 0.4) is 0 Å². The molecule has 0 radical (unpaired) electrons. The van der Waals surface area contributed by atoms with Crippen molar-refractivity contribution in [2.75, 3.05) is 4.90 Å². The summed E-state index contributed by atoms with van der Waals surface area (Å²) < 4.78 is 1.93. The summed E-state index contributed by atoms with van der Waals surface area (Å²) in [5.74, 6) is 2.60. The van der Waals surface area contributed by atoms with E-state index in [0.717, 1.165) is 22.5 Å². The van der Waals surface area contributed by atoms with E-state index < -0.39 is 0 Å². The van der Waals surface area contributed by atoms with Crippen molar-refractivity contribution in [1.82, 2.24) is 19.5 Å². The summed E-state index contributed by atoms with van der Waals surface area (Å²) in [7, 11) is 1.93. The fraction of sp³-hybridized carbons (Fsp3) is 0.276. The highest BCUT2D eigenvalue weighted by atomic mass is 16.2. The Morgan fingerprint density at radius 2 is 1.83 bits per heavy atom. The number of Topliss-reactive ketones (excluding diaryl/α,β-unsaturated/α-hetero) is 1. The first-order valence-electron chi connectivity index (χ1n) is 12.2. The average molecular weight is 480 g/mol. The third-order valence-electron chi connectivity index (χ3n) is 6.68. The number of carbonyl (C=O) groups is 2. The predicted molar refractivity (Wildman–Crippen MR) is 139 cm³/mol.